The van der Waals surface area contributed by atoms with Crippen LogP contribution in [0.1, 0.15) is 25.3 Å². The van der Waals surface area contributed by atoms with E-state index in [2.05, 4.69) is 29.7 Å². The van der Waals surface area contributed by atoms with Crippen LogP contribution in [-0.2, 0) is 6.54 Å². The first-order valence-corrected chi connectivity index (χ1v) is 6.41. The van der Waals surface area contributed by atoms with Crippen LogP contribution in [0.2, 0.25) is 0 Å². The van der Waals surface area contributed by atoms with E-state index in [1.54, 1.807) is 7.11 Å². The Bertz CT molecular complexity index is 285. The quantitative estimate of drug-likeness (QED) is 0.645. The molecule has 0 amide bonds. The largest absolute Gasteiger partial charge is 0.497 e. The van der Waals surface area contributed by atoms with Crippen LogP contribution in [0.5, 0.6) is 5.75 Å². The molecule has 0 radical (unpaired) electrons. The standard InChI is InChI=1S/C14H24N2O/c1-3-9-15-10-4-11-16-12-13-5-7-14(17-2)8-6-13/h5-8,15-16H,3-4,9-12H2,1-2H3. The zero-order chi connectivity index (χ0) is 12.3. The zero-order valence-electron chi connectivity index (χ0n) is 11.0. The van der Waals surface area contributed by atoms with Gasteiger partial charge < -0.3 is 15.4 Å². The summed E-state index contributed by atoms with van der Waals surface area (Å²) >= 11 is 0. The molecule has 0 atom stereocenters. The van der Waals surface area contributed by atoms with Gasteiger partial charge in [0.25, 0.3) is 0 Å². The number of methoxy groups -OCH3 is 1. The van der Waals surface area contributed by atoms with E-state index in [-0.39, 0.29) is 0 Å². The number of hydrogen-bond acceptors (Lipinski definition) is 3. The van der Waals surface area contributed by atoms with Crippen LogP contribution in [0.15, 0.2) is 24.3 Å². The lowest BCUT2D eigenvalue weighted by atomic mass is 10.2. The van der Waals surface area contributed by atoms with Crippen molar-refractivity contribution in [3.8, 4) is 5.75 Å². The molecular formula is C14H24N2O. The smallest absolute Gasteiger partial charge is 0.118 e. The molecule has 0 bridgehead atoms. The molecule has 0 aliphatic heterocycles. The van der Waals surface area contributed by atoms with Gasteiger partial charge in [-0.2, -0.15) is 0 Å². The number of rotatable bonds is 9. The Morgan fingerprint density at radius 3 is 2.35 bits per heavy atom. The van der Waals surface area contributed by atoms with E-state index >= 15 is 0 Å². The zero-order valence-corrected chi connectivity index (χ0v) is 11.0. The van der Waals surface area contributed by atoms with Crippen molar-refractivity contribution in [2.75, 3.05) is 26.7 Å². The predicted octanol–water partition coefficient (Wildman–Crippen LogP) is 2.17. The second-order valence-corrected chi connectivity index (χ2v) is 4.13. The summed E-state index contributed by atoms with van der Waals surface area (Å²) in [6.45, 7) is 6.40. The highest BCUT2D eigenvalue weighted by Gasteiger charge is 1.94. The monoisotopic (exact) mass is 236 g/mol. The Labute approximate surface area is 105 Å². The first-order valence-electron chi connectivity index (χ1n) is 6.41. The summed E-state index contributed by atoms with van der Waals surface area (Å²) in [5.74, 6) is 0.914. The van der Waals surface area contributed by atoms with Crippen molar-refractivity contribution < 1.29 is 4.74 Å². The summed E-state index contributed by atoms with van der Waals surface area (Å²) in [6, 6.07) is 8.20. The normalized spacial score (nSPS) is 10.5. The highest BCUT2D eigenvalue weighted by molar-refractivity contribution is 5.26. The van der Waals surface area contributed by atoms with Crippen LogP contribution >= 0.6 is 0 Å². The summed E-state index contributed by atoms with van der Waals surface area (Å²) in [7, 11) is 1.69. The van der Waals surface area contributed by atoms with Crippen LogP contribution in [0.25, 0.3) is 0 Å². The lowest BCUT2D eigenvalue weighted by Gasteiger charge is -2.06. The molecule has 1 rings (SSSR count). The summed E-state index contributed by atoms with van der Waals surface area (Å²) < 4.78 is 5.12. The third-order valence-corrected chi connectivity index (χ3v) is 2.62. The molecule has 0 saturated carbocycles. The van der Waals surface area contributed by atoms with E-state index < -0.39 is 0 Å². The second kappa shape index (κ2) is 9.02. The molecular weight excluding hydrogens is 212 g/mol. The Morgan fingerprint density at radius 1 is 1.00 bits per heavy atom. The van der Waals surface area contributed by atoms with E-state index in [1.807, 2.05) is 12.1 Å². The van der Waals surface area contributed by atoms with Crippen molar-refractivity contribution in [3.05, 3.63) is 29.8 Å². The highest BCUT2D eigenvalue weighted by atomic mass is 16.5. The first-order chi connectivity index (χ1) is 8.36. The molecule has 17 heavy (non-hydrogen) atoms. The van der Waals surface area contributed by atoms with Gasteiger partial charge in [-0.05, 0) is 50.2 Å². The fourth-order valence-corrected chi connectivity index (χ4v) is 1.62. The fourth-order valence-electron chi connectivity index (χ4n) is 1.62. The van der Waals surface area contributed by atoms with Crippen LogP contribution in [0.4, 0.5) is 0 Å². The average molecular weight is 236 g/mol. The number of ether oxygens (including phenoxy) is 1. The molecule has 3 nitrogen and oxygen atoms in total. The molecule has 3 heteroatoms. The van der Waals surface area contributed by atoms with Crippen molar-refractivity contribution in [2.24, 2.45) is 0 Å². The molecule has 0 aliphatic rings. The minimum atomic E-state index is 0.914. The van der Waals surface area contributed by atoms with Crippen molar-refractivity contribution in [3.63, 3.8) is 0 Å². The van der Waals surface area contributed by atoms with Gasteiger partial charge in [0.05, 0.1) is 7.11 Å². The Balaban J connectivity index is 2.05. The van der Waals surface area contributed by atoms with Gasteiger partial charge in [-0.1, -0.05) is 19.1 Å². The third-order valence-electron chi connectivity index (χ3n) is 2.62. The van der Waals surface area contributed by atoms with Gasteiger partial charge in [0.2, 0.25) is 0 Å². The van der Waals surface area contributed by atoms with Crippen LogP contribution in [0, 0.1) is 0 Å². The van der Waals surface area contributed by atoms with E-state index in [4.69, 9.17) is 4.74 Å². The summed E-state index contributed by atoms with van der Waals surface area (Å²) in [4.78, 5) is 0. The van der Waals surface area contributed by atoms with Gasteiger partial charge in [0.1, 0.15) is 5.75 Å². The number of benzene rings is 1. The maximum atomic E-state index is 5.12. The SMILES string of the molecule is CCCNCCCNCc1ccc(OC)cc1. The molecule has 2 N–H and O–H groups in total. The summed E-state index contributed by atoms with van der Waals surface area (Å²) in [5.41, 5.74) is 1.30. The van der Waals surface area contributed by atoms with Gasteiger partial charge in [-0.15, -0.1) is 0 Å². The van der Waals surface area contributed by atoms with Crippen molar-refractivity contribution in [2.45, 2.75) is 26.3 Å². The van der Waals surface area contributed by atoms with Gasteiger partial charge in [0, 0.05) is 6.54 Å². The summed E-state index contributed by atoms with van der Waals surface area (Å²) in [6.07, 6.45) is 2.38. The van der Waals surface area contributed by atoms with E-state index in [0.717, 1.165) is 31.9 Å². The molecule has 1 aromatic carbocycles. The maximum Gasteiger partial charge on any atom is 0.118 e. The van der Waals surface area contributed by atoms with E-state index in [0.29, 0.717) is 0 Å². The van der Waals surface area contributed by atoms with Gasteiger partial charge in [0.15, 0.2) is 0 Å². The van der Waals surface area contributed by atoms with Crippen molar-refractivity contribution in [1.82, 2.24) is 10.6 Å². The third kappa shape index (κ3) is 6.29. The minimum absolute atomic E-state index is 0.914. The Kier molecular flexibility index (Phi) is 7.43. The molecule has 96 valence electrons. The summed E-state index contributed by atoms with van der Waals surface area (Å²) in [5, 5.41) is 6.83. The van der Waals surface area contributed by atoms with Crippen LogP contribution in [0.3, 0.4) is 0 Å². The van der Waals surface area contributed by atoms with Crippen LogP contribution < -0.4 is 15.4 Å². The van der Waals surface area contributed by atoms with Gasteiger partial charge >= 0.3 is 0 Å². The second-order valence-electron chi connectivity index (χ2n) is 4.13. The molecule has 1 aromatic rings. The first kappa shape index (κ1) is 14.0. The number of hydrogen-bond donors (Lipinski definition) is 2. The predicted molar refractivity (Wildman–Crippen MR) is 72.5 cm³/mol. The highest BCUT2D eigenvalue weighted by Crippen LogP contribution is 2.10. The lowest BCUT2D eigenvalue weighted by Crippen LogP contribution is -2.22. The molecule has 0 aliphatic carbocycles. The molecule has 0 unspecified atom stereocenters. The maximum absolute atomic E-state index is 5.12. The molecule has 0 aromatic heterocycles. The fraction of sp³-hybridized carbons (Fsp3) is 0.571. The van der Waals surface area contributed by atoms with Gasteiger partial charge in [-0.25, -0.2) is 0 Å². The van der Waals surface area contributed by atoms with Crippen LogP contribution in [-0.4, -0.2) is 26.7 Å². The molecule has 0 spiro atoms. The van der Waals surface area contributed by atoms with E-state index in [1.165, 1.54) is 18.4 Å². The molecule has 0 heterocycles. The number of nitrogens with one attached hydrogen (secondary N) is 2. The van der Waals surface area contributed by atoms with E-state index in [9.17, 15) is 0 Å². The molecule has 0 fully saturated rings. The van der Waals surface area contributed by atoms with Crippen molar-refractivity contribution >= 4 is 0 Å². The minimum Gasteiger partial charge on any atom is -0.497 e. The Morgan fingerprint density at radius 2 is 1.71 bits per heavy atom. The lowest BCUT2D eigenvalue weighted by molar-refractivity contribution is 0.414. The van der Waals surface area contributed by atoms with Crippen molar-refractivity contribution in [1.29, 1.82) is 0 Å². The molecule has 0 saturated heterocycles. The van der Waals surface area contributed by atoms with Gasteiger partial charge in [-0.3, -0.25) is 0 Å². The average Bonchev–Trinajstić information content (AvgIpc) is 2.38. The Hall–Kier alpha value is -1.06. The topological polar surface area (TPSA) is 33.3 Å².